The van der Waals surface area contributed by atoms with E-state index in [2.05, 4.69) is 6.92 Å². The Bertz CT molecular complexity index is 544. The molecule has 21 heavy (non-hydrogen) atoms. The fourth-order valence-electron chi connectivity index (χ4n) is 3.15. The minimum absolute atomic E-state index is 0.0110. The van der Waals surface area contributed by atoms with Gasteiger partial charge in [0, 0.05) is 5.92 Å². The summed E-state index contributed by atoms with van der Waals surface area (Å²) in [6.07, 6.45) is 3.74. The summed E-state index contributed by atoms with van der Waals surface area (Å²) in [6.45, 7) is 2.35. The van der Waals surface area contributed by atoms with Crippen molar-refractivity contribution in [3.63, 3.8) is 0 Å². The molecule has 4 atom stereocenters. The largest absolute Gasteiger partial charge is 0.496 e. The average molecular weight is 286 g/mol. The van der Waals surface area contributed by atoms with Gasteiger partial charge in [0.15, 0.2) is 0 Å². The number of fused-ring (bicyclic) bond motifs is 2. The number of benzene rings is 1. The first kappa shape index (κ1) is 14.2. The van der Waals surface area contributed by atoms with Gasteiger partial charge in [-0.3, -0.25) is 4.79 Å². The van der Waals surface area contributed by atoms with Crippen LogP contribution < -0.4 is 0 Å². The van der Waals surface area contributed by atoms with E-state index in [-0.39, 0.29) is 30.4 Å². The van der Waals surface area contributed by atoms with Crippen molar-refractivity contribution in [2.45, 2.75) is 37.7 Å². The quantitative estimate of drug-likeness (QED) is 0.620. The van der Waals surface area contributed by atoms with Crippen molar-refractivity contribution in [3.05, 3.63) is 48.2 Å². The summed E-state index contributed by atoms with van der Waals surface area (Å²) in [6, 6.07) is 9.65. The van der Waals surface area contributed by atoms with E-state index in [1.54, 1.807) is 6.26 Å². The summed E-state index contributed by atoms with van der Waals surface area (Å²) in [4.78, 5) is 12.1. The molecule has 5 heteroatoms. The third-order valence-electron chi connectivity index (χ3n) is 4.38. The molecule has 1 unspecified atom stereocenters. The molecule has 0 aliphatic carbocycles. The summed E-state index contributed by atoms with van der Waals surface area (Å²) < 4.78 is 16.9. The Morgan fingerprint density at radius 2 is 2.14 bits per heavy atom. The SMILES string of the molecule is B[C@@H]1O[C@@]2(CC(=O)OCc3ccccc3)C=CO[C@H]1C2C. The maximum atomic E-state index is 12.1. The molecule has 2 aliphatic rings. The van der Waals surface area contributed by atoms with Crippen molar-refractivity contribution in [3.8, 4) is 0 Å². The lowest BCUT2D eigenvalue weighted by Gasteiger charge is -2.32. The highest BCUT2D eigenvalue weighted by Gasteiger charge is 2.53. The van der Waals surface area contributed by atoms with Crippen LogP contribution in [-0.2, 0) is 25.6 Å². The second-order valence-corrected chi connectivity index (χ2v) is 5.79. The Hall–Kier alpha value is -1.75. The van der Waals surface area contributed by atoms with Crippen molar-refractivity contribution in [2.75, 3.05) is 0 Å². The van der Waals surface area contributed by atoms with Gasteiger partial charge in [0.05, 0.1) is 18.7 Å². The average Bonchev–Trinajstić information content (AvgIpc) is 2.62. The standard InChI is InChI=1S/C16H19BO4/c1-11-14-15(17)21-16(11,7-8-19-14)9-13(18)20-10-12-5-3-2-4-6-12/h2-8,11,14-15H,9-10,17H2,1H3/t11?,14-,15+,16+/m0/s1. The van der Waals surface area contributed by atoms with Gasteiger partial charge >= 0.3 is 5.97 Å². The van der Waals surface area contributed by atoms with Crippen molar-refractivity contribution in [2.24, 2.45) is 5.92 Å². The second kappa shape index (κ2) is 5.56. The fourth-order valence-corrected chi connectivity index (χ4v) is 3.15. The van der Waals surface area contributed by atoms with Crippen molar-refractivity contribution in [1.82, 2.24) is 0 Å². The number of hydrogen-bond acceptors (Lipinski definition) is 4. The summed E-state index contributed by atoms with van der Waals surface area (Å²) >= 11 is 0. The van der Waals surface area contributed by atoms with E-state index in [1.807, 2.05) is 44.3 Å². The molecule has 1 aromatic carbocycles. The molecule has 2 bridgehead atoms. The van der Waals surface area contributed by atoms with Crippen molar-refractivity contribution in [1.29, 1.82) is 0 Å². The molecule has 3 rings (SSSR count). The molecule has 4 nitrogen and oxygen atoms in total. The highest BCUT2D eigenvalue weighted by atomic mass is 16.6. The first-order valence-corrected chi connectivity index (χ1v) is 7.31. The highest BCUT2D eigenvalue weighted by Crippen LogP contribution is 2.43. The number of rotatable bonds is 4. The molecule has 0 amide bonds. The van der Waals surface area contributed by atoms with Crippen LogP contribution in [0.3, 0.4) is 0 Å². The molecule has 0 N–H and O–H groups in total. The molecule has 0 spiro atoms. The third kappa shape index (κ3) is 2.70. The number of hydrogen-bond donors (Lipinski definition) is 0. The molecule has 1 fully saturated rings. The molecule has 0 saturated carbocycles. The van der Waals surface area contributed by atoms with E-state index in [0.717, 1.165) is 5.56 Å². The van der Waals surface area contributed by atoms with Gasteiger partial charge in [-0.25, -0.2) is 0 Å². The van der Waals surface area contributed by atoms with Crippen LogP contribution >= 0.6 is 0 Å². The lowest BCUT2D eigenvalue weighted by atomic mass is 9.80. The second-order valence-electron chi connectivity index (χ2n) is 5.79. The van der Waals surface area contributed by atoms with Gasteiger partial charge in [-0.05, 0) is 11.6 Å². The van der Waals surface area contributed by atoms with E-state index in [4.69, 9.17) is 14.2 Å². The molecule has 0 radical (unpaired) electrons. The van der Waals surface area contributed by atoms with Gasteiger partial charge < -0.3 is 14.2 Å². The summed E-state index contributed by atoms with van der Waals surface area (Å²) in [5.74, 6) is -0.105. The normalized spacial score (nSPS) is 33.5. The summed E-state index contributed by atoms with van der Waals surface area (Å²) in [7, 11) is 1.98. The first-order valence-electron chi connectivity index (χ1n) is 7.31. The van der Waals surface area contributed by atoms with E-state index < -0.39 is 5.60 Å². The number of carbonyl (C=O) groups excluding carboxylic acids is 1. The van der Waals surface area contributed by atoms with Gasteiger partial charge in [-0.2, -0.15) is 0 Å². The Morgan fingerprint density at radius 3 is 2.90 bits per heavy atom. The number of esters is 1. The van der Waals surface area contributed by atoms with Crippen LogP contribution in [0.4, 0.5) is 0 Å². The minimum atomic E-state index is -0.587. The minimum Gasteiger partial charge on any atom is -0.496 e. The predicted molar refractivity (Wildman–Crippen MR) is 80.2 cm³/mol. The van der Waals surface area contributed by atoms with E-state index in [0.29, 0.717) is 6.61 Å². The van der Waals surface area contributed by atoms with Gasteiger partial charge in [0.2, 0.25) is 0 Å². The number of carbonyl (C=O) groups is 1. The molecule has 1 saturated heterocycles. The topological polar surface area (TPSA) is 44.8 Å². The van der Waals surface area contributed by atoms with Crippen LogP contribution in [0.2, 0.25) is 0 Å². The van der Waals surface area contributed by atoms with Crippen molar-refractivity contribution < 1.29 is 19.0 Å². The number of ether oxygens (including phenoxy) is 3. The van der Waals surface area contributed by atoms with E-state index in [1.165, 1.54) is 0 Å². The molecule has 110 valence electrons. The maximum Gasteiger partial charge on any atom is 0.309 e. The Kier molecular flexibility index (Phi) is 3.76. The zero-order chi connectivity index (χ0) is 14.9. The van der Waals surface area contributed by atoms with Crippen LogP contribution in [0.25, 0.3) is 0 Å². The van der Waals surface area contributed by atoms with Crippen molar-refractivity contribution >= 4 is 13.8 Å². The van der Waals surface area contributed by atoms with Crippen LogP contribution in [0.5, 0.6) is 0 Å². The lowest BCUT2D eigenvalue weighted by Crippen LogP contribution is -2.40. The Labute approximate surface area is 125 Å². The first-order chi connectivity index (χ1) is 10.1. The molecule has 2 aliphatic heterocycles. The third-order valence-corrected chi connectivity index (χ3v) is 4.38. The maximum absolute atomic E-state index is 12.1. The monoisotopic (exact) mass is 286 g/mol. The smallest absolute Gasteiger partial charge is 0.309 e. The summed E-state index contributed by atoms with van der Waals surface area (Å²) in [5.41, 5.74) is 0.397. The zero-order valence-electron chi connectivity index (χ0n) is 12.3. The molecular formula is C16H19BO4. The van der Waals surface area contributed by atoms with Crippen LogP contribution in [0.1, 0.15) is 18.9 Å². The summed E-state index contributed by atoms with van der Waals surface area (Å²) in [5, 5.41) is 0. The van der Waals surface area contributed by atoms with Gasteiger partial charge in [0.25, 0.3) is 0 Å². The van der Waals surface area contributed by atoms with Gasteiger partial charge in [0.1, 0.15) is 26.2 Å². The van der Waals surface area contributed by atoms with Crippen LogP contribution in [-0.4, -0.2) is 31.5 Å². The van der Waals surface area contributed by atoms with E-state index >= 15 is 0 Å². The zero-order valence-corrected chi connectivity index (χ0v) is 12.3. The Morgan fingerprint density at radius 1 is 1.38 bits per heavy atom. The Balaban J connectivity index is 1.62. The van der Waals surface area contributed by atoms with Crippen LogP contribution in [0.15, 0.2) is 42.7 Å². The molecular weight excluding hydrogens is 267 g/mol. The van der Waals surface area contributed by atoms with Gasteiger partial charge in [-0.1, -0.05) is 37.3 Å². The van der Waals surface area contributed by atoms with Gasteiger partial charge in [-0.15, -0.1) is 0 Å². The fraction of sp³-hybridized carbons (Fsp3) is 0.438. The lowest BCUT2D eigenvalue weighted by molar-refractivity contribution is -0.150. The predicted octanol–water partition coefficient (Wildman–Crippen LogP) is 1.40. The highest BCUT2D eigenvalue weighted by molar-refractivity contribution is 6.11. The van der Waals surface area contributed by atoms with E-state index in [9.17, 15) is 4.79 Å². The molecule has 2 heterocycles. The van der Waals surface area contributed by atoms with Crippen LogP contribution in [0, 0.1) is 5.92 Å². The molecule has 1 aromatic rings. The molecule has 0 aromatic heterocycles.